The van der Waals surface area contributed by atoms with E-state index in [1.165, 1.54) is 14.1 Å². The lowest BCUT2D eigenvalue weighted by atomic mass is 10.1. The number of carbonyl (C=O) groups is 1. The molecule has 1 N–H and O–H groups in total. The first-order chi connectivity index (χ1) is 13.1. The molecule has 0 aliphatic rings. The van der Waals surface area contributed by atoms with Crippen LogP contribution in [0, 0.1) is 13.8 Å². The van der Waals surface area contributed by atoms with E-state index < -0.39 is 16.1 Å². The van der Waals surface area contributed by atoms with Crippen LogP contribution in [0.5, 0.6) is 5.75 Å². The number of rotatable bonds is 8. The average molecular weight is 406 g/mol. The number of nitrogens with zero attached hydrogens (tertiary/aromatic N) is 2. The molecule has 0 fully saturated rings. The monoisotopic (exact) mass is 405 g/mol. The summed E-state index contributed by atoms with van der Waals surface area (Å²) in [5, 5.41) is 2.78. The molecule has 8 heteroatoms. The number of amides is 1. The Bertz CT molecular complexity index is 942. The number of nitrogens with one attached hydrogen (secondary N) is 1. The van der Waals surface area contributed by atoms with Gasteiger partial charge in [0.15, 0.2) is 0 Å². The number of ether oxygens (including phenoxy) is 1. The van der Waals surface area contributed by atoms with E-state index in [0.29, 0.717) is 11.4 Å². The number of anilines is 1. The summed E-state index contributed by atoms with van der Waals surface area (Å²) in [6.07, 6.45) is 0. The van der Waals surface area contributed by atoms with Crippen molar-refractivity contribution in [2.45, 2.75) is 20.4 Å². The Morgan fingerprint density at radius 1 is 1.11 bits per heavy atom. The van der Waals surface area contributed by atoms with Crippen LogP contribution in [0.25, 0.3) is 0 Å². The van der Waals surface area contributed by atoms with Crippen LogP contribution in [-0.4, -0.2) is 46.4 Å². The standard InChI is InChI=1S/C20H27N3O4S/c1-15-9-10-16(2)19(11-15)23(28(25,26)22(3)4)14-20(24)21-13-17-7-6-8-18(12-17)27-5/h6-12H,13-14H2,1-5H3,(H,21,24). The van der Waals surface area contributed by atoms with Gasteiger partial charge in [0.2, 0.25) is 5.91 Å². The van der Waals surface area contributed by atoms with Crippen LogP contribution in [0.1, 0.15) is 16.7 Å². The van der Waals surface area contributed by atoms with Crippen molar-refractivity contribution >= 4 is 21.8 Å². The Kier molecular flexibility index (Phi) is 7.04. The van der Waals surface area contributed by atoms with Gasteiger partial charge in [0.25, 0.3) is 0 Å². The molecule has 0 bridgehead atoms. The predicted octanol–water partition coefficient (Wildman–Crippen LogP) is 2.24. The van der Waals surface area contributed by atoms with Crippen molar-refractivity contribution in [1.82, 2.24) is 9.62 Å². The van der Waals surface area contributed by atoms with E-state index in [2.05, 4.69) is 5.32 Å². The van der Waals surface area contributed by atoms with E-state index in [1.807, 2.05) is 50.2 Å². The molecule has 28 heavy (non-hydrogen) atoms. The summed E-state index contributed by atoms with van der Waals surface area (Å²) in [7, 11) is 0.633. The molecule has 2 aromatic carbocycles. The molecule has 0 heterocycles. The Hall–Kier alpha value is -2.58. The quantitative estimate of drug-likeness (QED) is 0.731. The number of aryl methyl sites for hydroxylation is 2. The normalized spacial score (nSPS) is 11.4. The van der Waals surface area contributed by atoms with Gasteiger partial charge in [-0.05, 0) is 48.7 Å². The van der Waals surface area contributed by atoms with Gasteiger partial charge in [0, 0.05) is 20.6 Å². The van der Waals surface area contributed by atoms with Crippen molar-refractivity contribution in [3.05, 3.63) is 59.2 Å². The van der Waals surface area contributed by atoms with Gasteiger partial charge in [-0.15, -0.1) is 0 Å². The van der Waals surface area contributed by atoms with Crippen molar-refractivity contribution in [3.63, 3.8) is 0 Å². The van der Waals surface area contributed by atoms with Crippen molar-refractivity contribution < 1.29 is 17.9 Å². The van der Waals surface area contributed by atoms with Crippen molar-refractivity contribution in [1.29, 1.82) is 0 Å². The first-order valence-electron chi connectivity index (χ1n) is 8.82. The Morgan fingerprint density at radius 3 is 2.46 bits per heavy atom. The summed E-state index contributed by atoms with van der Waals surface area (Å²) in [4.78, 5) is 12.6. The average Bonchev–Trinajstić information content (AvgIpc) is 2.66. The first-order valence-corrected chi connectivity index (χ1v) is 10.2. The molecule has 0 aliphatic carbocycles. The van der Waals surface area contributed by atoms with Gasteiger partial charge in [0.05, 0.1) is 12.8 Å². The van der Waals surface area contributed by atoms with E-state index in [9.17, 15) is 13.2 Å². The first kappa shape index (κ1) is 21.7. The number of hydrogen-bond donors (Lipinski definition) is 1. The minimum Gasteiger partial charge on any atom is -0.497 e. The maximum Gasteiger partial charge on any atom is 0.304 e. The summed E-state index contributed by atoms with van der Waals surface area (Å²) in [5.41, 5.74) is 3.04. The van der Waals surface area contributed by atoms with Crippen molar-refractivity contribution in [2.24, 2.45) is 0 Å². The highest BCUT2D eigenvalue weighted by molar-refractivity contribution is 7.90. The zero-order chi connectivity index (χ0) is 20.9. The zero-order valence-corrected chi connectivity index (χ0v) is 17.7. The molecule has 7 nitrogen and oxygen atoms in total. The maximum atomic E-state index is 12.8. The van der Waals surface area contributed by atoms with Gasteiger partial charge in [-0.3, -0.25) is 4.79 Å². The number of benzene rings is 2. The lowest BCUT2D eigenvalue weighted by molar-refractivity contribution is -0.119. The second kappa shape index (κ2) is 9.07. The smallest absolute Gasteiger partial charge is 0.304 e. The molecule has 0 aromatic heterocycles. The fourth-order valence-electron chi connectivity index (χ4n) is 2.65. The van der Waals surface area contributed by atoms with E-state index in [4.69, 9.17) is 4.74 Å². The van der Waals surface area contributed by atoms with Crippen molar-refractivity contribution in [3.8, 4) is 5.75 Å². The molecule has 0 aliphatic heterocycles. The number of methoxy groups -OCH3 is 1. The minimum atomic E-state index is -3.83. The van der Waals surface area contributed by atoms with E-state index in [-0.39, 0.29) is 13.1 Å². The Balaban J connectivity index is 2.22. The molecular weight excluding hydrogens is 378 g/mol. The molecule has 0 radical (unpaired) electrons. The number of hydrogen-bond acceptors (Lipinski definition) is 4. The topological polar surface area (TPSA) is 79.0 Å². The molecule has 0 spiro atoms. The fourth-order valence-corrected chi connectivity index (χ4v) is 3.77. The van der Waals surface area contributed by atoms with E-state index >= 15 is 0 Å². The molecule has 1 amide bonds. The molecule has 0 saturated carbocycles. The Labute approximate surface area is 167 Å². The third-order valence-electron chi connectivity index (χ3n) is 4.28. The summed E-state index contributed by atoms with van der Waals surface area (Å²) in [5.74, 6) is 0.299. The van der Waals surface area contributed by atoms with Crippen LogP contribution in [0.15, 0.2) is 42.5 Å². The lowest BCUT2D eigenvalue weighted by Gasteiger charge is -2.28. The second-order valence-electron chi connectivity index (χ2n) is 6.72. The lowest BCUT2D eigenvalue weighted by Crippen LogP contribution is -2.46. The predicted molar refractivity (Wildman–Crippen MR) is 111 cm³/mol. The van der Waals surface area contributed by atoms with Gasteiger partial charge >= 0.3 is 10.2 Å². The summed E-state index contributed by atoms with van der Waals surface area (Å²) in [6.45, 7) is 3.67. The van der Waals surface area contributed by atoms with E-state index in [1.54, 1.807) is 13.2 Å². The van der Waals surface area contributed by atoms with Crippen LogP contribution < -0.4 is 14.4 Å². The SMILES string of the molecule is COc1cccc(CNC(=O)CN(c2cc(C)ccc2C)S(=O)(=O)N(C)C)c1. The summed E-state index contributed by atoms with van der Waals surface area (Å²) in [6, 6.07) is 12.8. The van der Waals surface area contributed by atoms with Gasteiger partial charge in [-0.1, -0.05) is 24.3 Å². The van der Waals surface area contributed by atoms with Gasteiger partial charge in [-0.25, -0.2) is 4.31 Å². The molecule has 2 rings (SSSR count). The highest BCUT2D eigenvalue weighted by atomic mass is 32.2. The summed E-state index contributed by atoms with van der Waals surface area (Å²) < 4.78 is 33.1. The van der Waals surface area contributed by atoms with Crippen LogP contribution in [0.2, 0.25) is 0 Å². The highest BCUT2D eigenvalue weighted by Gasteiger charge is 2.28. The third-order valence-corrected chi connectivity index (χ3v) is 6.09. The fraction of sp³-hybridized carbons (Fsp3) is 0.350. The minimum absolute atomic E-state index is 0.276. The van der Waals surface area contributed by atoms with Crippen LogP contribution >= 0.6 is 0 Å². The van der Waals surface area contributed by atoms with Gasteiger partial charge in [-0.2, -0.15) is 12.7 Å². The number of carbonyl (C=O) groups excluding carboxylic acids is 1. The van der Waals surface area contributed by atoms with Crippen LogP contribution in [0.3, 0.4) is 0 Å². The highest BCUT2D eigenvalue weighted by Crippen LogP contribution is 2.25. The molecule has 0 unspecified atom stereocenters. The molecule has 152 valence electrons. The molecule has 0 saturated heterocycles. The molecule has 2 aromatic rings. The van der Waals surface area contributed by atoms with E-state index in [0.717, 1.165) is 25.3 Å². The zero-order valence-electron chi connectivity index (χ0n) is 16.9. The maximum absolute atomic E-state index is 12.8. The van der Waals surface area contributed by atoms with Gasteiger partial charge in [0.1, 0.15) is 12.3 Å². The third kappa shape index (κ3) is 5.24. The molecule has 0 atom stereocenters. The summed E-state index contributed by atoms with van der Waals surface area (Å²) >= 11 is 0. The largest absolute Gasteiger partial charge is 0.497 e. The second-order valence-corrected chi connectivity index (χ2v) is 8.78. The van der Waals surface area contributed by atoms with Crippen LogP contribution in [-0.2, 0) is 21.5 Å². The van der Waals surface area contributed by atoms with Gasteiger partial charge < -0.3 is 10.1 Å². The molecular formula is C20H27N3O4S. The van der Waals surface area contributed by atoms with Crippen molar-refractivity contribution in [2.75, 3.05) is 32.1 Å². The van der Waals surface area contributed by atoms with Crippen LogP contribution in [0.4, 0.5) is 5.69 Å². The Morgan fingerprint density at radius 2 is 1.82 bits per heavy atom.